The van der Waals surface area contributed by atoms with Gasteiger partial charge in [0.15, 0.2) is 0 Å². The molecular weight excluding hydrogens is 1070 g/mol. The number of nitrogens with zero attached hydrogens (tertiary/aromatic N) is 4. The van der Waals surface area contributed by atoms with Gasteiger partial charge in [0.2, 0.25) is 0 Å². The van der Waals surface area contributed by atoms with Gasteiger partial charge in [0.05, 0.1) is 16.7 Å². The Morgan fingerprint density at radius 3 is 0.872 bits per heavy atom. The van der Waals surface area contributed by atoms with Gasteiger partial charge in [-0.3, -0.25) is 0 Å². The Morgan fingerprint density at radius 1 is 0.360 bits per heavy atom. The fourth-order valence-corrected chi connectivity index (χ4v) is 10.4. The van der Waals surface area contributed by atoms with Crippen LogP contribution in [0.1, 0.15) is 108 Å². The van der Waals surface area contributed by atoms with E-state index in [-0.39, 0.29) is 5.63 Å². The first-order chi connectivity index (χ1) is 40.7. The molecule has 4 aromatic carbocycles. The summed E-state index contributed by atoms with van der Waals surface area (Å²) in [6.45, 7) is 25.9. The number of fused-ring (bicyclic) bond motifs is 3. The number of anilines is 4. The van der Waals surface area contributed by atoms with Crippen LogP contribution in [-0.2, 0) is 9.47 Å². The fourth-order valence-electron chi connectivity index (χ4n) is 10.4. The van der Waals surface area contributed by atoms with Crippen molar-refractivity contribution < 1.29 is 22.7 Å². The quantitative estimate of drug-likeness (QED) is 0.108. The Hall–Kier alpha value is -9.29. The summed E-state index contributed by atoms with van der Waals surface area (Å²) in [5.74, 6) is 2.58. The molecule has 0 N–H and O–H groups in total. The zero-order chi connectivity index (χ0) is 63.2. The average molecular weight is 1160 g/mol. The molecule has 3 aromatic heterocycles. The van der Waals surface area contributed by atoms with Gasteiger partial charge in [-0.25, -0.2) is 14.4 Å². The maximum absolute atomic E-state index is 13.2. The third-order valence-electron chi connectivity index (χ3n) is 15.3. The molecule has 86 heavy (non-hydrogen) atoms. The molecular formula is C74H84N4O8. The zero-order valence-electron chi connectivity index (χ0n) is 54.2. The first kappa shape index (κ1) is 64.3. The standard InChI is InChI=1S/C38H40N2O5.C34H38N2O3.C2H6/c1-21(2)26-17-29(15-22(3)35-24(5)31-13-11-27(39(7)8)19-33(31)44-37(35)41)43-30(18-26)16-23(4)36-25(6)32-14-12-28(40(9)10)20-34(32)45-38(36)42;1-21(2)26-18-29(16-22(3)25-10-12-27(13-11-25)35(6)7)38-30(19-26)17-23(4)33-24(5)31-15-14-28(36(8)9)20-32(31)39-34(33)37;1-2/h11-20H,1-10H3;10-20H,1-9H3;1-2H3/b22-15+,23-16+;22-16+,23-17+;. The smallest absolute Gasteiger partial charge is 0.344 e. The van der Waals surface area contributed by atoms with Crippen LogP contribution >= 0.6 is 0 Å². The third kappa shape index (κ3) is 14.4. The van der Waals surface area contributed by atoms with Gasteiger partial charge in [-0.15, -0.1) is 0 Å². The molecule has 5 heterocycles. The highest BCUT2D eigenvalue weighted by molar-refractivity contribution is 5.90. The predicted molar refractivity (Wildman–Crippen MR) is 363 cm³/mol. The fraction of sp³-hybridized carbons (Fsp3) is 0.284. The van der Waals surface area contributed by atoms with Crippen molar-refractivity contribution in [1.29, 1.82) is 0 Å². The molecule has 0 unspecified atom stereocenters. The molecule has 2 aliphatic rings. The molecule has 0 amide bonds. The van der Waals surface area contributed by atoms with E-state index in [1.165, 1.54) is 5.57 Å². The number of hydrogen-bond donors (Lipinski definition) is 0. The summed E-state index contributed by atoms with van der Waals surface area (Å²) >= 11 is 0. The highest BCUT2D eigenvalue weighted by atomic mass is 16.5. The van der Waals surface area contributed by atoms with Crippen molar-refractivity contribution in [3.8, 4) is 0 Å². The summed E-state index contributed by atoms with van der Waals surface area (Å²) < 4.78 is 30.0. The predicted octanol–water partition coefficient (Wildman–Crippen LogP) is 17.2. The number of allylic oxidation sites excluding steroid dienone is 16. The van der Waals surface area contributed by atoms with Crippen LogP contribution in [0.4, 0.5) is 22.7 Å². The number of aryl methyl sites for hydroxylation is 3. The van der Waals surface area contributed by atoms with Gasteiger partial charge < -0.3 is 42.3 Å². The molecule has 0 saturated carbocycles. The third-order valence-corrected chi connectivity index (χ3v) is 15.3. The normalized spacial score (nSPS) is 13.8. The van der Waals surface area contributed by atoms with E-state index < -0.39 is 11.3 Å². The van der Waals surface area contributed by atoms with E-state index in [1.54, 1.807) is 0 Å². The Labute approximate surface area is 507 Å². The zero-order valence-corrected chi connectivity index (χ0v) is 54.2. The first-order valence-corrected chi connectivity index (χ1v) is 29.0. The lowest BCUT2D eigenvalue weighted by atomic mass is 9.98. The molecule has 9 rings (SSSR count). The molecule has 2 aliphatic heterocycles. The van der Waals surface area contributed by atoms with Gasteiger partial charge in [0.25, 0.3) is 0 Å². The van der Waals surface area contributed by atoms with Crippen LogP contribution in [0.25, 0.3) is 55.2 Å². The van der Waals surface area contributed by atoms with Gasteiger partial charge in [-0.05, 0) is 229 Å². The van der Waals surface area contributed by atoms with Crippen molar-refractivity contribution in [3.05, 3.63) is 243 Å². The summed E-state index contributed by atoms with van der Waals surface area (Å²) in [5.41, 5.74) is 17.6. The van der Waals surface area contributed by atoms with E-state index in [4.69, 9.17) is 22.7 Å². The van der Waals surface area contributed by atoms with Crippen molar-refractivity contribution in [3.63, 3.8) is 0 Å². The molecule has 12 nitrogen and oxygen atoms in total. The van der Waals surface area contributed by atoms with E-state index in [9.17, 15) is 14.4 Å². The van der Waals surface area contributed by atoms with Crippen LogP contribution in [-0.4, -0.2) is 56.4 Å². The van der Waals surface area contributed by atoms with Gasteiger partial charge in [-0.2, -0.15) is 0 Å². The second kappa shape index (κ2) is 27.2. The molecule has 12 heteroatoms. The van der Waals surface area contributed by atoms with E-state index >= 15 is 0 Å². The van der Waals surface area contributed by atoms with Crippen molar-refractivity contribution in [2.45, 2.75) is 90.0 Å². The lowest BCUT2D eigenvalue weighted by Crippen LogP contribution is -2.11. The minimum atomic E-state index is -0.397. The lowest BCUT2D eigenvalue weighted by Gasteiger charge is -2.18. The van der Waals surface area contributed by atoms with Gasteiger partial charge in [0, 0.05) is 113 Å². The number of rotatable bonds is 12. The Bertz CT molecular complexity index is 4150. The van der Waals surface area contributed by atoms with Crippen LogP contribution < -0.4 is 36.5 Å². The molecule has 0 radical (unpaired) electrons. The van der Waals surface area contributed by atoms with Crippen molar-refractivity contribution in [2.24, 2.45) is 0 Å². The summed E-state index contributed by atoms with van der Waals surface area (Å²) in [6, 6.07) is 26.2. The molecule has 0 aliphatic carbocycles. The SMILES string of the molecule is CC.CC(C)=C1C=C(/C=C(\C)c2c(C)c3ccc(N(C)C)cc3oc2=O)OC(/C=C(\C)c2c(C)c3ccc(N(C)C)cc3oc2=O)=C1.CC(C)=C1C=C(/C=C(\C)c2ccc(N(C)C)cc2)OC(/C=C(\C)c2c(C)c3ccc(N(C)C)cc3oc2=O)=C1. The maximum atomic E-state index is 13.2. The van der Waals surface area contributed by atoms with Gasteiger partial charge >= 0.3 is 16.9 Å². The van der Waals surface area contributed by atoms with Crippen LogP contribution in [0.3, 0.4) is 0 Å². The number of benzene rings is 4. The van der Waals surface area contributed by atoms with Crippen molar-refractivity contribution in [1.82, 2.24) is 0 Å². The Balaban J connectivity index is 0.000000242. The molecule has 0 fully saturated rings. The summed E-state index contributed by atoms with van der Waals surface area (Å²) in [7, 11) is 15.8. The second-order valence-electron chi connectivity index (χ2n) is 22.9. The molecule has 0 atom stereocenters. The Morgan fingerprint density at radius 2 is 0.616 bits per heavy atom. The average Bonchev–Trinajstić information content (AvgIpc) is 1.11. The minimum Gasteiger partial charge on any atom is -0.457 e. The topological polar surface area (TPSA) is 122 Å². The largest absolute Gasteiger partial charge is 0.457 e. The van der Waals surface area contributed by atoms with E-state index in [0.717, 1.165) is 106 Å². The van der Waals surface area contributed by atoms with E-state index in [0.29, 0.717) is 50.7 Å². The van der Waals surface area contributed by atoms with E-state index in [1.807, 2.05) is 231 Å². The number of hydrogen-bond acceptors (Lipinski definition) is 12. The van der Waals surface area contributed by atoms with Crippen LogP contribution in [0.5, 0.6) is 0 Å². The summed E-state index contributed by atoms with van der Waals surface area (Å²) in [5, 5.41) is 2.69. The second-order valence-corrected chi connectivity index (χ2v) is 22.9. The maximum Gasteiger partial charge on any atom is 0.344 e. The molecule has 7 aromatic rings. The Kier molecular flexibility index (Phi) is 20.3. The summed E-state index contributed by atoms with van der Waals surface area (Å²) in [6.07, 6.45) is 15.7. The highest BCUT2D eigenvalue weighted by Crippen LogP contribution is 2.35. The molecule has 0 spiro atoms. The van der Waals surface area contributed by atoms with Crippen molar-refractivity contribution in [2.75, 3.05) is 76.0 Å². The molecule has 448 valence electrons. The summed E-state index contributed by atoms with van der Waals surface area (Å²) in [4.78, 5) is 47.5. The van der Waals surface area contributed by atoms with Crippen LogP contribution in [0.15, 0.2) is 200 Å². The van der Waals surface area contributed by atoms with Crippen LogP contribution in [0.2, 0.25) is 0 Å². The highest BCUT2D eigenvalue weighted by Gasteiger charge is 2.21. The number of ether oxygens (including phenoxy) is 2. The van der Waals surface area contributed by atoms with Crippen molar-refractivity contribution >= 4 is 77.9 Å². The van der Waals surface area contributed by atoms with Crippen LogP contribution in [0, 0.1) is 20.8 Å². The molecule has 0 saturated heterocycles. The minimum absolute atomic E-state index is 0.351. The first-order valence-electron chi connectivity index (χ1n) is 29.0. The molecule has 0 bridgehead atoms. The van der Waals surface area contributed by atoms with E-state index in [2.05, 4.69) is 62.1 Å². The van der Waals surface area contributed by atoms with Gasteiger partial charge in [0.1, 0.15) is 39.8 Å². The lowest BCUT2D eigenvalue weighted by molar-refractivity contribution is 0.331. The van der Waals surface area contributed by atoms with Gasteiger partial charge in [-0.1, -0.05) is 37.1 Å². The monoisotopic (exact) mass is 1160 g/mol.